The lowest BCUT2D eigenvalue weighted by Crippen LogP contribution is -2.15. The molecule has 19 heavy (non-hydrogen) atoms. The fourth-order valence-electron chi connectivity index (χ4n) is 1.63. The Morgan fingerprint density at radius 2 is 2.00 bits per heavy atom. The topological polar surface area (TPSA) is 78.1 Å². The molecule has 0 saturated carbocycles. The van der Waals surface area contributed by atoms with Gasteiger partial charge in [0.25, 0.3) is 10.0 Å². The van der Waals surface area contributed by atoms with Crippen molar-refractivity contribution < 1.29 is 8.42 Å². The average Bonchev–Trinajstić information content (AvgIpc) is 2.85. The van der Waals surface area contributed by atoms with E-state index in [1.54, 1.807) is 6.07 Å². The highest BCUT2D eigenvalue weighted by Crippen LogP contribution is 2.23. The Labute approximate surface area is 112 Å². The number of aromatic nitrogens is 2. The summed E-state index contributed by atoms with van der Waals surface area (Å²) in [6, 6.07) is 6.94. The van der Waals surface area contributed by atoms with Gasteiger partial charge in [-0.05, 0) is 36.8 Å². The lowest BCUT2D eigenvalue weighted by Gasteiger charge is -2.15. The molecule has 0 bridgehead atoms. The van der Waals surface area contributed by atoms with Gasteiger partial charge in [-0.3, -0.25) is 9.82 Å². The van der Waals surface area contributed by atoms with Crippen LogP contribution in [0.5, 0.6) is 0 Å². The van der Waals surface area contributed by atoms with E-state index in [0.717, 1.165) is 11.3 Å². The first-order chi connectivity index (χ1) is 8.90. The number of aromatic amines is 1. The molecule has 0 aliphatic carbocycles. The summed E-state index contributed by atoms with van der Waals surface area (Å²) in [7, 11) is 0.260. The van der Waals surface area contributed by atoms with Crippen molar-refractivity contribution in [3.63, 3.8) is 0 Å². The number of aryl methyl sites for hydroxylation is 1. The van der Waals surface area contributed by atoms with Gasteiger partial charge in [-0.25, -0.2) is 0 Å². The van der Waals surface area contributed by atoms with Crippen molar-refractivity contribution >= 4 is 21.4 Å². The van der Waals surface area contributed by atoms with Crippen LogP contribution in [0, 0.1) is 6.92 Å². The van der Waals surface area contributed by atoms with Gasteiger partial charge in [-0.1, -0.05) is 0 Å². The Morgan fingerprint density at radius 1 is 1.26 bits per heavy atom. The summed E-state index contributed by atoms with van der Waals surface area (Å²) in [5.74, 6) is 0. The molecule has 1 aromatic heterocycles. The number of nitrogens with zero attached hydrogens (tertiary/aromatic N) is 2. The quantitative estimate of drug-likeness (QED) is 0.891. The molecule has 0 saturated heterocycles. The van der Waals surface area contributed by atoms with Crippen LogP contribution in [0.2, 0.25) is 0 Å². The van der Waals surface area contributed by atoms with Gasteiger partial charge in [0.15, 0.2) is 5.03 Å². The third kappa shape index (κ3) is 2.87. The zero-order valence-corrected chi connectivity index (χ0v) is 11.8. The second-order valence-electron chi connectivity index (χ2n) is 4.42. The summed E-state index contributed by atoms with van der Waals surface area (Å²) in [6.07, 6.45) is 1.40. The van der Waals surface area contributed by atoms with Gasteiger partial charge in [0.05, 0.1) is 11.9 Å². The molecule has 1 aromatic carbocycles. The summed E-state index contributed by atoms with van der Waals surface area (Å²) < 4.78 is 26.6. The summed E-state index contributed by atoms with van der Waals surface area (Å²) in [5.41, 5.74) is 2.43. The first-order valence-corrected chi connectivity index (χ1v) is 7.18. The number of H-pyrrole nitrogens is 1. The van der Waals surface area contributed by atoms with Gasteiger partial charge < -0.3 is 4.90 Å². The molecule has 0 fully saturated rings. The number of sulfonamides is 1. The SMILES string of the molecule is Cc1cc(N(C)C)ccc1NS(=O)(=O)c1ccn[nH]1. The maximum absolute atomic E-state index is 12.0. The minimum absolute atomic E-state index is 0.0450. The van der Waals surface area contributed by atoms with Crippen LogP contribution in [0.1, 0.15) is 5.56 Å². The maximum Gasteiger partial charge on any atom is 0.278 e. The minimum Gasteiger partial charge on any atom is -0.378 e. The molecule has 2 N–H and O–H groups in total. The molecule has 2 aromatic rings. The maximum atomic E-state index is 12.0. The average molecular weight is 280 g/mol. The van der Waals surface area contributed by atoms with Crippen molar-refractivity contribution in [2.45, 2.75) is 11.9 Å². The Balaban J connectivity index is 2.30. The molecule has 0 spiro atoms. The van der Waals surface area contributed by atoms with Gasteiger partial charge in [0.2, 0.25) is 0 Å². The molecule has 0 radical (unpaired) electrons. The molecule has 0 amide bonds. The van der Waals surface area contributed by atoms with Crippen molar-refractivity contribution in [3.8, 4) is 0 Å². The third-order valence-electron chi connectivity index (χ3n) is 2.74. The van der Waals surface area contributed by atoms with Gasteiger partial charge >= 0.3 is 0 Å². The van der Waals surface area contributed by atoms with Crippen molar-refractivity contribution in [1.29, 1.82) is 0 Å². The standard InChI is InChI=1S/C12H16N4O2S/c1-9-8-10(16(2)3)4-5-11(9)15-19(17,18)12-6-7-13-14-12/h4-8,15H,1-3H3,(H,13,14). The zero-order chi connectivity index (χ0) is 14.0. The van der Waals surface area contributed by atoms with Crippen molar-refractivity contribution in [3.05, 3.63) is 36.0 Å². The summed E-state index contributed by atoms with van der Waals surface area (Å²) in [6.45, 7) is 1.86. The zero-order valence-electron chi connectivity index (χ0n) is 11.0. The van der Waals surface area contributed by atoms with Crippen molar-refractivity contribution in [2.75, 3.05) is 23.7 Å². The molecular weight excluding hydrogens is 264 g/mol. The molecule has 0 atom stereocenters. The van der Waals surface area contributed by atoms with E-state index in [4.69, 9.17) is 0 Å². The highest BCUT2D eigenvalue weighted by atomic mass is 32.2. The number of rotatable bonds is 4. The monoisotopic (exact) mass is 280 g/mol. The minimum atomic E-state index is -3.61. The molecule has 0 unspecified atom stereocenters. The van der Waals surface area contributed by atoms with E-state index in [9.17, 15) is 8.42 Å². The second kappa shape index (κ2) is 4.93. The van der Waals surface area contributed by atoms with Gasteiger partial charge in [-0.2, -0.15) is 13.5 Å². The van der Waals surface area contributed by atoms with E-state index in [2.05, 4.69) is 14.9 Å². The lowest BCUT2D eigenvalue weighted by molar-refractivity contribution is 0.597. The van der Waals surface area contributed by atoms with Crippen LogP contribution in [0.15, 0.2) is 35.5 Å². The van der Waals surface area contributed by atoms with Crippen LogP contribution < -0.4 is 9.62 Å². The van der Waals surface area contributed by atoms with Crippen LogP contribution in [-0.2, 0) is 10.0 Å². The van der Waals surface area contributed by atoms with Gasteiger partial charge in [0.1, 0.15) is 0 Å². The molecule has 1 heterocycles. The fourth-order valence-corrected chi connectivity index (χ4v) is 2.67. The number of hydrogen-bond donors (Lipinski definition) is 2. The number of benzene rings is 1. The highest BCUT2D eigenvalue weighted by Gasteiger charge is 2.16. The molecule has 102 valence electrons. The van der Waals surface area contributed by atoms with E-state index >= 15 is 0 Å². The first kappa shape index (κ1) is 13.4. The fraction of sp³-hybridized carbons (Fsp3) is 0.250. The van der Waals surface area contributed by atoms with Gasteiger partial charge in [0, 0.05) is 19.8 Å². The summed E-state index contributed by atoms with van der Waals surface area (Å²) >= 11 is 0. The lowest BCUT2D eigenvalue weighted by atomic mass is 10.2. The number of nitrogens with one attached hydrogen (secondary N) is 2. The smallest absolute Gasteiger partial charge is 0.278 e. The van der Waals surface area contributed by atoms with Gasteiger partial charge in [-0.15, -0.1) is 0 Å². The second-order valence-corrected chi connectivity index (χ2v) is 6.07. The molecule has 6 nitrogen and oxygen atoms in total. The largest absolute Gasteiger partial charge is 0.378 e. The Hall–Kier alpha value is -2.02. The number of anilines is 2. The van der Waals surface area contributed by atoms with E-state index in [1.807, 2.05) is 38.1 Å². The Bertz CT molecular complexity index is 663. The van der Waals surface area contributed by atoms with E-state index < -0.39 is 10.0 Å². The van der Waals surface area contributed by atoms with Crippen LogP contribution in [0.3, 0.4) is 0 Å². The molecule has 2 rings (SSSR count). The molecule has 7 heteroatoms. The predicted molar refractivity (Wildman–Crippen MR) is 74.9 cm³/mol. The van der Waals surface area contributed by atoms with Crippen molar-refractivity contribution in [1.82, 2.24) is 10.2 Å². The number of hydrogen-bond acceptors (Lipinski definition) is 4. The van der Waals surface area contributed by atoms with Crippen molar-refractivity contribution in [2.24, 2.45) is 0 Å². The Kier molecular flexibility index (Phi) is 3.48. The van der Waals surface area contributed by atoms with E-state index in [-0.39, 0.29) is 5.03 Å². The first-order valence-electron chi connectivity index (χ1n) is 5.70. The van der Waals surface area contributed by atoms with E-state index in [0.29, 0.717) is 5.69 Å². The molecule has 0 aliphatic rings. The van der Waals surface area contributed by atoms with E-state index in [1.165, 1.54) is 12.3 Å². The van der Waals surface area contributed by atoms with Crippen LogP contribution >= 0.6 is 0 Å². The predicted octanol–water partition coefficient (Wildman–Crippen LogP) is 1.58. The van der Waals surface area contributed by atoms with Crippen LogP contribution in [0.4, 0.5) is 11.4 Å². The van der Waals surface area contributed by atoms with Crippen LogP contribution in [0.25, 0.3) is 0 Å². The third-order valence-corrected chi connectivity index (χ3v) is 4.03. The molecular formula is C12H16N4O2S. The summed E-state index contributed by atoms with van der Waals surface area (Å²) in [4.78, 5) is 1.96. The highest BCUT2D eigenvalue weighted by molar-refractivity contribution is 7.92. The van der Waals surface area contributed by atoms with Crippen LogP contribution in [-0.4, -0.2) is 32.7 Å². The molecule has 0 aliphatic heterocycles. The summed E-state index contributed by atoms with van der Waals surface area (Å²) in [5, 5.41) is 6.12. The Morgan fingerprint density at radius 3 is 2.53 bits per heavy atom. The normalized spacial score (nSPS) is 11.3.